The van der Waals surface area contributed by atoms with E-state index in [2.05, 4.69) is 78.7 Å². The monoisotopic (exact) mass is 272 g/mol. The molecule has 0 radical (unpaired) electrons. The second-order valence-corrected chi connectivity index (χ2v) is 7.91. The van der Waals surface area contributed by atoms with Crippen molar-refractivity contribution in [3.63, 3.8) is 0 Å². The quantitative estimate of drug-likeness (QED) is 0.750. The minimum atomic E-state index is 0.963. The lowest BCUT2D eigenvalue weighted by Gasteiger charge is -2.24. The first-order valence-electron chi connectivity index (χ1n) is 7.25. The zero-order chi connectivity index (χ0) is 15.0. The smallest absolute Gasteiger partial charge is 0.104 e. The lowest BCUT2D eigenvalue weighted by Crippen LogP contribution is -2.33. The van der Waals surface area contributed by atoms with Crippen LogP contribution in [0.25, 0.3) is 10.8 Å². The van der Waals surface area contributed by atoms with Crippen LogP contribution in [-0.4, -0.2) is 51.3 Å². The van der Waals surface area contributed by atoms with E-state index in [1.807, 2.05) is 0 Å². The molecule has 0 atom stereocenters. The van der Waals surface area contributed by atoms with Gasteiger partial charge in [0.05, 0.1) is 42.3 Å². The topological polar surface area (TPSA) is 0 Å². The molecule has 0 aliphatic heterocycles. The molecule has 0 amide bonds. The maximum absolute atomic E-state index is 2.33. The van der Waals surface area contributed by atoms with Crippen LogP contribution in [0.5, 0.6) is 0 Å². The van der Waals surface area contributed by atoms with Crippen LogP contribution in [0.3, 0.4) is 0 Å². The Balaban J connectivity index is 2.30. The minimum absolute atomic E-state index is 0.963. The Labute approximate surface area is 123 Å². The van der Waals surface area contributed by atoms with E-state index >= 15 is 0 Å². The van der Waals surface area contributed by atoms with Gasteiger partial charge in [0.15, 0.2) is 0 Å². The number of hydrogen-bond donors (Lipinski definition) is 0. The Morgan fingerprint density at radius 3 is 1.25 bits per heavy atom. The van der Waals surface area contributed by atoms with Gasteiger partial charge in [0.1, 0.15) is 13.1 Å². The molecule has 0 N–H and O–H groups in total. The molecule has 0 aromatic heterocycles. The molecule has 0 spiro atoms. The molecule has 0 aliphatic carbocycles. The van der Waals surface area contributed by atoms with E-state index in [0.717, 1.165) is 22.1 Å². The molecule has 0 fully saturated rings. The number of rotatable bonds is 4. The molecule has 2 heteroatoms. The highest BCUT2D eigenvalue weighted by Gasteiger charge is 2.11. The highest BCUT2D eigenvalue weighted by molar-refractivity contribution is 5.83. The van der Waals surface area contributed by atoms with Crippen molar-refractivity contribution in [3.8, 4) is 0 Å². The summed E-state index contributed by atoms with van der Waals surface area (Å²) >= 11 is 0. The molecule has 2 nitrogen and oxygen atoms in total. The molecule has 2 aromatic rings. The first kappa shape index (κ1) is 15.0. The van der Waals surface area contributed by atoms with Gasteiger partial charge in [-0.05, 0) is 22.9 Å². The van der Waals surface area contributed by atoms with Gasteiger partial charge < -0.3 is 8.97 Å². The van der Waals surface area contributed by atoms with Crippen LogP contribution in [-0.2, 0) is 13.1 Å². The van der Waals surface area contributed by atoms with E-state index < -0.39 is 0 Å². The summed E-state index contributed by atoms with van der Waals surface area (Å²) in [4.78, 5) is 0. The third-order valence-electron chi connectivity index (χ3n) is 3.28. The lowest BCUT2D eigenvalue weighted by atomic mass is 10.0. The van der Waals surface area contributed by atoms with Crippen LogP contribution in [0.2, 0.25) is 0 Å². The van der Waals surface area contributed by atoms with Gasteiger partial charge in [-0.2, -0.15) is 0 Å². The average molecular weight is 272 g/mol. The molecular formula is C18H28N2+2. The van der Waals surface area contributed by atoms with Crippen molar-refractivity contribution in [2.45, 2.75) is 13.1 Å². The molecule has 0 aliphatic rings. The number of fused-ring (bicyclic) bond motifs is 1. The fraction of sp³-hybridized carbons (Fsp3) is 0.444. The predicted molar refractivity (Wildman–Crippen MR) is 87.4 cm³/mol. The summed E-state index contributed by atoms with van der Waals surface area (Å²) in [5.41, 5.74) is 2.81. The highest BCUT2D eigenvalue weighted by atomic mass is 15.3. The summed E-state index contributed by atoms with van der Waals surface area (Å²) in [6.45, 7) is 2.13. The second-order valence-electron chi connectivity index (χ2n) is 7.91. The van der Waals surface area contributed by atoms with Gasteiger partial charge >= 0.3 is 0 Å². The first-order valence-corrected chi connectivity index (χ1v) is 7.25. The van der Waals surface area contributed by atoms with Gasteiger partial charge in [0.25, 0.3) is 0 Å². The largest absolute Gasteiger partial charge is 0.327 e. The van der Waals surface area contributed by atoms with E-state index in [-0.39, 0.29) is 0 Å². The minimum Gasteiger partial charge on any atom is -0.327 e. The van der Waals surface area contributed by atoms with Crippen LogP contribution in [0.4, 0.5) is 0 Å². The summed E-state index contributed by atoms with van der Waals surface area (Å²) < 4.78 is 1.93. The highest BCUT2D eigenvalue weighted by Crippen LogP contribution is 2.20. The maximum Gasteiger partial charge on any atom is 0.104 e. The Kier molecular flexibility index (Phi) is 3.90. The van der Waals surface area contributed by atoms with Gasteiger partial charge in [0.2, 0.25) is 0 Å². The Morgan fingerprint density at radius 2 is 0.950 bits per heavy atom. The third-order valence-corrected chi connectivity index (χ3v) is 3.28. The SMILES string of the molecule is C[N+](C)(C)Cc1ccc2cc(C[N+](C)(C)C)ccc2c1. The molecule has 20 heavy (non-hydrogen) atoms. The summed E-state index contributed by atoms with van der Waals surface area (Å²) in [5, 5.41) is 2.70. The molecule has 0 heterocycles. The first-order chi connectivity index (χ1) is 9.12. The standard InChI is InChI=1S/C18H28N2/c1-19(2,3)13-15-7-9-18-12-16(14-20(4,5)6)8-10-17(18)11-15/h7-12H,13-14H2,1-6H3/q+2. The van der Waals surface area contributed by atoms with Crippen molar-refractivity contribution in [1.82, 2.24) is 0 Å². The number of quaternary nitrogens is 2. The fourth-order valence-electron chi connectivity index (χ4n) is 2.64. The van der Waals surface area contributed by atoms with E-state index in [1.54, 1.807) is 0 Å². The number of hydrogen-bond acceptors (Lipinski definition) is 0. The van der Waals surface area contributed by atoms with Crippen molar-refractivity contribution in [3.05, 3.63) is 47.5 Å². The average Bonchev–Trinajstić information content (AvgIpc) is 2.25. The van der Waals surface area contributed by atoms with E-state index in [0.29, 0.717) is 0 Å². The Morgan fingerprint density at radius 1 is 0.600 bits per heavy atom. The normalized spacial score (nSPS) is 12.9. The molecule has 0 saturated carbocycles. The van der Waals surface area contributed by atoms with Gasteiger partial charge in [0, 0.05) is 11.1 Å². The predicted octanol–water partition coefficient (Wildman–Crippen LogP) is 3.25. The molecule has 0 unspecified atom stereocenters. The van der Waals surface area contributed by atoms with E-state index in [9.17, 15) is 0 Å². The lowest BCUT2D eigenvalue weighted by molar-refractivity contribution is -0.884. The second kappa shape index (κ2) is 5.19. The van der Waals surface area contributed by atoms with Crippen molar-refractivity contribution in [2.24, 2.45) is 0 Å². The molecule has 2 aromatic carbocycles. The summed E-state index contributed by atoms with van der Waals surface area (Å²) in [7, 11) is 13.4. The zero-order valence-corrected chi connectivity index (χ0v) is 13.8. The molecule has 0 bridgehead atoms. The van der Waals surface area contributed by atoms with Crippen LogP contribution in [0.15, 0.2) is 36.4 Å². The zero-order valence-electron chi connectivity index (χ0n) is 13.8. The van der Waals surface area contributed by atoms with Gasteiger partial charge in [-0.3, -0.25) is 0 Å². The molecular weight excluding hydrogens is 244 g/mol. The molecule has 2 rings (SSSR count). The number of nitrogens with zero attached hydrogens (tertiary/aromatic N) is 2. The number of benzene rings is 2. The van der Waals surface area contributed by atoms with Gasteiger partial charge in [-0.15, -0.1) is 0 Å². The fourth-order valence-corrected chi connectivity index (χ4v) is 2.64. The van der Waals surface area contributed by atoms with Crippen LogP contribution in [0.1, 0.15) is 11.1 Å². The van der Waals surface area contributed by atoms with E-state index in [1.165, 1.54) is 21.9 Å². The summed E-state index contributed by atoms with van der Waals surface area (Å²) in [5.74, 6) is 0. The summed E-state index contributed by atoms with van der Waals surface area (Å²) in [6, 6.07) is 13.7. The van der Waals surface area contributed by atoms with Crippen LogP contribution >= 0.6 is 0 Å². The molecule has 0 saturated heterocycles. The Hall–Kier alpha value is -1.38. The third kappa shape index (κ3) is 4.32. The van der Waals surface area contributed by atoms with Crippen LogP contribution in [0, 0.1) is 0 Å². The van der Waals surface area contributed by atoms with Gasteiger partial charge in [-0.25, -0.2) is 0 Å². The van der Waals surface area contributed by atoms with E-state index in [4.69, 9.17) is 0 Å². The van der Waals surface area contributed by atoms with Gasteiger partial charge in [-0.1, -0.05) is 24.3 Å². The molecule has 108 valence electrons. The summed E-state index contributed by atoms with van der Waals surface area (Å²) in [6.07, 6.45) is 0. The maximum atomic E-state index is 2.33. The van der Waals surface area contributed by atoms with Crippen molar-refractivity contribution in [1.29, 1.82) is 0 Å². The van der Waals surface area contributed by atoms with Crippen molar-refractivity contribution < 1.29 is 8.97 Å². The van der Waals surface area contributed by atoms with Crippen molar-refractivity contribution >= 4 is 10.8 Å². The Bertz CT molecular complexity index is 546. The van der Waals surface area contributed by atoms with Crippen LogP contribution < -0.4 is 0 Å². The van der Waals surface area contributed by atoms with Crippen molar-refractivity contribution in [2.75, 3.05) is 42.3 Å².